The Hall–Kier alpha value is 0. The molecule has 3 fully saturated rings. The molecule has 0 N–H and O–H groups in total. The third kappa shape index (κ3) is 1.10. The Labute approximate surface area is 82.1 Å². The molecule has 0 bridgehead atoms. The summed E-state index contributed by atoms with van der Waals surface area (Å²) in [5, 5.41) is 0. The van der Waals surface area contributed by atoms with Crippen molar-refractivity contribution < 1.29 is 0 Å². The van der Waals surface area contributed by atoms with E-state index in [1.165, 1.54) is 24.2 Å². The van der Waals surface area contributed by atoms with E-state index in [2.05, 4.69) is 13.8 Å². The first-order valence-electron chi connectivity index (χ1n) is 6.31. The van der Waals surface area contributed by atoms with Crippen LogP contribution in [-0.2, 0) is 0 Å². The highest BCUT2D eigenvalue weighted by Crippen LogP contribution is 2.62. The number of rotatable bonds is 2. The Bertz CT molecular complexity index is 208. The first-order chi connectivity index (χ1) is 6.31. The van der Waals surface area contributed by atoms with E-state index in [9.17, 15) is 0 Å². The molecule has 0 aromatic carbocycles. The zero-order chi connectivity index (χ0) is 9.00. The molecular formula is C13H22. The van der Waals surface area contributed by atoms with Crippen LogP contribution in [0.2, 0.25) is 0 Å². The molecule has 0 aromatic heterocycles. The molecule has 0 nitrogen and oxygen atoms in total. The standard InChI is InChI=1S/C13H22/c1-3-9-7-12(9)11-5-4-10-6-8(2)13(10)11/h8-13H,3-7H2,1-2H3. The fraction of sp³-hybridized carbons (Fsp3) is 1.00. The van der Waals surface area contributed by atoms with Gasteiger partial charge in [-0.1, -0.05) is 20.3 Å². The molecule has 0 heterocycles. The minimum atomic E-state index is 1.08. The molecule has 3 saturated carbocycles. The topological polar surface area (TPSA) is 0 Å². The van der Waals surface area contributed by atoms with Crippen molar-refractivity contribution in [2.24, 2.45) is 35.5 Å². The fourth-order valence-electron chi connectivity index (χ4n) is 4.51. The molecule has 6 atom stereocenters. The average Bonchev–Trinajstić information content (AvgIpc) is 2.81. The SMILES string of the molecule is CCC1CC1C1CCC2CC(C)C21. The molecule has 0 radical (unpaired) electrons. The lowest BCUT2D eigenvalue weighted by molar-refractivity contribution is 0.0719. The Kier molecular flexibility index (Phi) is 1.76. The van der Waals surface area contributed by atoms with E-state index in [4.69, 9.17) is 0 Å². The summed E-state index contributed by atoms with van der Waals surface area (Å²) in [6.45, 7) is 4.87. The van der Waals surface area contributed by atoms with Crippen molar-refractivity contribution in [3.63, 3.8) is 0 Å². The van der Waals surface area contributed by atoms with Crippen LogP contribution in [-0.4, -0.2) is 0 Å². The summed E-state index contributed by atoms with van der Waals surface area (Å²) in [6, 6.07) is 0. The Morgan fingerprint density at radius 3 is 2.54 bits per heavy atom. The van der Waals surface area contributed by atoms with E-state index in [0.29, 0.717) is 0 Å². The second-order valence-electron chi connectivity index (χ2n) is 5.86. The fourth-order valence-corrected chi connectivity index (χ4v) is 4.51. The van der Waals surface area contributed by atoms with E-state index in [0.717, 1.165) is 17.8 Å². The first kappa shape index (κ1) is 8.32. The van der Waals surface area contributed by atoms with Gasteiger partial charge in [-0.2, -0.15) is 0 Å². The smallest absolute Gasteiger partial charge is 0.0329 e. The molecule has 0 saturated heterocycles. The van der Waals surface area contributed by atoms with Crippen LogP contribution < -0.4 is 0 Å². The van der Waals surface area contributed by atoms with Gasteiger partial charge in [-0.3, -0.25) is 0 Å². The molecule has 0 aromatic rings. The third-order valence-corrected chi connectivity index (χ3v) is 5.29. The summed E-state index contributed by atoms with van der Waals surface area (Å²) < 4.78 is 0. The zero-order valence-corrected chi connectivity index (χ0v) is 9.00. The van der Waals surface area contributed by atoms with Gasteiger partial charge in [0.2, 0.25) is 0 Å². The monoisotopic (exact) mass is 178 g/mol. The Morgan fingerprint density at radius 2 is 1.92 bits per heavy atom. The van der Waals surface area contributed by atoms with Crippen molar-refractivity contribution in [1.82, 2.24) is 0 Å². The molecule has 3 aliphatic carbocycles. The first-order valence-corrected chi connectivity index (χ1v) is 6.31. The van der Waals surface area contributed by atoms with E-state index >= 15 is 0 Å². The van der Waals surface area contributed by atoms with Crippen LogP contribution in [0.5, 0.6) is 0 Å². The van der Waals surface area contributed by atoms with E-state index < -0.39 is 0 Å². The van der Waals surface area contributed by atoms with Crippen molar-refractivity contribution in [3.8, 4) is 0 Å². The summed E-state index contributed by atoms with van der Waals surface area (Å²) in [7, 11) is 0. The number of hydrogen-bond donors (Lipinski definition) is 0. The Morgan fingerprint density at radius 1 is 1.08 bits per heavy atom. The van der Waals surface area contributed by atoms with Crippen LogP contribution in [0.15, 0.2) is 0 Å². The third-order valence-electron chi connectivity index (χ3n) is 5.29. The maximum absolute atomic E-state index is 2.49. The number of fused-ring (bicyclic) bond motifs is 1. The van der Waals surface area contributed by atoms with Crippen molar-refractivity contribution in [3.05, 3.63) is 0 Å². The molecule has 0 amide bonds. The predicted octanol–water partition coefficient (Wildman–Crippen LogP) is 3.71. The summed E-state index contributed by atoms with van der Waals surface area (Å²) in [4.78, 5) is 0. The summed E-state index contributed by atoms with van der Waals surface area (Å²) in [5.74, 6) is 6.88. The van der Waals surface area contributed by atoms with Crippen molar-refractivity contribution >= 4 is 0 Å². The van der Waals surface area contributed by atoms with Crippen LogP contribution >= 0.6 is 0 Å². The number of hydrogen-bond acceptors (Lipinski definition) is 0. The van der Waals surface area contributed by atoms with Crippen LogP contribution in [0.3, 0.4) is 0 Å². The van der Waals surface area contributed by atoms with Gasteiger partial charge in [0.25, 0.3) is 0 Å². The van der Waals surface area contributed by atoms with Crippen molar-refractivity contribution in [1.29, 1.82) is 0 Å². The van der Waals surface area contributed by atoms with Gasteiger partial charge in [-0.25, -0.2) is 0 Å². The molecule has 0 spiro atoms. The highest BCUT2D eigenvalue weighted by atomic mass is 14.6. The van der Waals surface area contributed by atoms with Gasteiger partial charge in [-0.05, 0) is 61.2 Å². The van der Waals surface area contributed by atoms with Crippen LogP contribution in [0.1, 0.15) is 46.0 Å². The summed E-state index contributed by atoms with van der Waals surface area (Å²) in [5.41, 5.74) is 0. The lowest BCUT2D eigenvalue weighted by Crippen LogP contribution is -2.35. The van der Waals surface area contributed by atoms with Crippen LogP contribution in [0.25, 0.3) is 0 Å². The van der Waals surface area contributed by atoms with Gasteiger partial charge in [-0.15, -0.1) is 0 Å². The summed E-state index contributed by atoms with van der Waals surface area (Å²) in [6.07, 6.45) is 7.75. The highest BCUT2D eigenvalue weighted by Gasteiger charge is 2.54. The quantitative estimate of drug-likeness (QED) is 0.604. The average molecular weight is 178 g/mol. The molecular weight excluding hydrogens is 156 g/mol. The highest BCUT2D eigenvalue weighted by molar-refractivity contribution is 5.03. The van der Waals surface area contributed by atoms with Crippen molar-refractivity contribution in [2.45, 2.75) is 46.0 Å². The second kappa shape index (κ2) is 2.74. The molecule has 74 valence electrons. The largest absolute Gasteiger partial charge is 0.0651 e. The Balaban J connectivity index is 1.66. The van der Waals surface area contributed by atoms with Gasteiger partial charge in [0.05, 0.1) is 0 Å². The molecule has 13 heavy (non-hydrogen) atoms. The van der Waals surface area contributed by atoms with Gasteiger partial charge in [0.1, 0.15) is 0 Å². The van der Waals surface area contributed by atoms with Crippen molar-refractivity contribution in [2.75, 3.05) is 0 Å². The maximum atomic E-state index is 2.49. The molecule has 0 aliphatic heterocycles. The molecule has 6 unspecified atom stereocenters. The lowest BCUT2D eigenvalue weighted by Gasteiger charge is -2.41. The van der Waals surface area contributed by atoms with E-state index in [1.807, 2.05) is 0 Å². The van der Waals surface area contributed by atoms with E-state index in [1.54, 1.807) is 25.7 Å². The van der Waals surface area contributed by atoms with Crippen LogP contribution in [0.4, 0.5) is 0 Å². The van der Waals surface area contributed by atoms with Gasteiger partial charge in [0.15, 0.2) is 0 Å². The molecule has 3 rings (SSSR count). The minimum Gasteiger partial charge on any atom is -0.0651 e. The zero-order valence-electron chi connectivity index (χ0n) is 9.00. The maximum Gasteiger partial charge on any atom is -0.0329 e. The molecule has 0 heteroatoms. The second-order valence-corrected chi connectivity index (χ2v) is 5.86. The predicted molar refractivity (Wildman–Crippen MR) is 55.4 cm³/mol. The van der Waals surface area contributed by atoms with Gasteiger partial charge in [0, 0.05) is 0 Å². The normalized spacial score (nSPS) is 58.6. The lowest BCUT2D eigenvalue weighted by atomic mass is 9.64. The summed E-state index contributed by atoms with van der Waals surface area (Å²) >= 11 is 0. The van der Waals surface area contributed by atoms with Gasteiger partial charge >= 0.3 is 0 Å². The molecule has 3 aliphatic rings. The van der Waals surface area contributed by atoms with Gasteiger partial charge < -0.3 is 0 Å². The van der Waals surface area contributed by atoms with Crippen LogP contribution in [0, 0.1) is 35.5 Å². The van der Waals surface area contributed by atoms with E-state index in [-0.39, 0.29) is 0 Å². The minimum absolute atomic E-state index is 1.08.